The van der Waals surface area contributed by atoms with Crippen molar-refractivity contribution >= 4 is 11.6 Å². The number of hydrogen-bond acceptors (Lipinski definition) is 3. The minimum atomic E-state index is -0.00925. The van der Waals surface area contributed by atoms with Gasteiger partial charge in [-0.25, -0.2) is 0 Å². The molecule has 3 atom stereocenters. The largest absolute Gasteiger partial charge is 0.497 e. The zero-order valence-corrected chi connectivity index (χ0v) is 12.5. The third kappa shape index (κ3) is 3.73. The van der Waals surface area contributed by atoms with Crippen molar-refractivity contribution in [1.82, 2.24) is 5.32 Å². The number of nitrogens with one attached hydrogen (secondary N) is 2. The van der Waals surface area contributed by atoms with Crippen molar-refractivity contribution in [2.45, 2.75) is 32.7 Å². The number of anilines is 1. The number of benzene rings is 1. The van der Waals surface area contributed by atoms with E-state index in [2.05, 4.69) is 24.5 Å². The van der Waals surface area contributed by atoms with Gasteiger partial charge >= 0.3 is 0 Å². The lowest BCUT2D eigenvalue weighted by molar-refractivity contribution is -0.115. The molecule has 1 aliphatic carbocycles. The van der Waals surface area contributed by atoms with Crippen LogP contribution in [0.15, 0.2) is 24.3 Å². The standard InChI is InChI=1S/C16H24N2O2/c1-11-7-8-15(12(11)2)17-10-16(19)18-13-5-4-6-14(9-13)20-3/h4-6,9,11-12,15,17H,7-8,10H2,1-3H3,(H,18,19). The Morgan fingerprint density at radius 2 is 2.15 bits per heavy atom. The Morgan fingerprint density at radius 3 is 2.80 bits per heavy atom. The SMILES string of the molecule is COc1cccc(NC(=O)CNC2CCC(C)C2C)c1. The molecule has 0 aromatic heterocycles. The van der Waals surface area contributed by atoms with E-state index in [0.717, 1.165) is 23.8 Å². The molecule has 0 heterocycles. The van der Waals surface area contributed by atoms with Gasteiger partial charge < -0.3 is 15.4 Å². The molecule has 3 unspecified atom stereocenters. The molecule has 0 bridgehead atoms. The molecule has 0 saturated heterocycles. The van der Waals surface area contributed by atoms with E-state index in [9.17, 15) is 4.79 Å². The van der Waals surface area contributed by atoms with Crippen molar-refractivity contribution in [2.24, 2.45) is 11.8 Å². The van der Waals surface area contributed by atoms with Gasteiger partial charge in [0.1, 0.15) is 5.75 Å². The van der Waals surface area contributed by atoms with Crippen LogP contribution in [0, 0.1) is 11.8 Å². The van der Waals surface area contributed by atoms with E-state index >= 15 is 0 Å². The first-order valence-electron chi connectivity index (χ1n) is 7.27. The van der Waals surface area contributed by atoms with Gasteiger partial charge in [-0.1, -0.05) is 19.9 Å². The van der Waals surface area contributed by atoms with E-state index in [-0.39, 0.29) is 5.91 Å². The van der Waals surface area contributed by atoms with Crippen LogP contribution in [0.2, 0.25) is 0 Å². The van der Waals surface area contributed by atoms with Gasteiger partial charge in [0.25, 0.3) is 0 Å². The highest BCUT2D eigenvalue weighted by molar-refractivity contribution is 5.92. The predicted molar refractivity (Wildman–Crippen MR) is 81.0 cm³/mol. The normalized spacial score (nSPS) is 25.4. The van der Waals surface area contributed by atoms with Crippen molar-refractivity contribution in [2.75, 3.05) is 19.0 Å². The summed E-state index contributed by atoms with van der Waals surface area (Å²) in [5.74, 6) is 2.12. The first-order chi connectivity index (χ1) is 9.60. The summed E-state index contributed by atoms with van der Waals surface area (Å²) in [7, 11) is 1.62. The molecule has 0 radical (unpaired) electrons. The van der Waals surface area contributed by atoms with E-state index in [1.807, 2.05) is 24.3 Å². The van der Waals surface area contributed by atoms with Crippen molar-refractivity contribution < 1.29 is 9.53 Å². The topological polar surface area (TPSA) is 50.4 Å². The summed E-state index contributed by atoms with van der Waals surface area (Å²) in [6, 6.07) is 7.86. The molecule has 0 aliphatic heterocycles. The van der Waals surface area contributed by atoms with Crippen LogP contribution >= 0.6 is 0 Å². The van der Waals surface area contributed by atoms with Crippen LogP contribution in [-0.4, -0.2) is 25.6 Å². The Morgan fingerprint density at radius 1 is 1.35 bits per heavy atom. The quantitative estimate of drug-likeness (QED) is 0.869. The molecular formula is C16H24N2O2. The van der Waals surface area contributed by atoms with Gasteiger partial charge in [0.2, 0.25) is 5.91 Å². The Bertz CT molecular complexity index is 462. The number of amides is 1. The second kappa shape index (κ2) is 6.75. The molecule has 2 N–H and O–H groups in total. The fourth-order valence-electron chi connectivity index (χ4n) is 2.78. The Kier molecular flexibility index (Phi) is 5.01. The molecule has 1 amide bonds. The monoisotopic (exact) mass is 276 g/mol. The van der Waals surface area contributed by atoms with Crippen molar-refractivity contribution in [1.29, 1.82) is 0 Å². The van der Waals surface area contributed by atoms with Gasteiger partial charge in [0.05, 0.1) is 13.7 Å². The van der Waals surface area contributed by atoms with E-state index in [4.69, 9.17) is 4.74 Å². The maximum absolute atomic E-state index is 11.9. The van der Waals surface area contributed by atoms with Gasteiger partial charge in [0, 0.05) is 17.8 Å². The molecule has 110 valence electrons. The number of rotatable bonds is 5. The lowest BCUT2D eigenvalue weighted by Gasteiger charge is -2.19. The lowest BCUT2D eigenvalue weighted by Crippen LogP contribution is -2.38. The minimum absolute atomic E-state index is 0.00925. The zero-order chi connectivity index (χ0) is 14.5. The predicted octanol–water partition coefficient (Wildman–Crippen LogP) is 2.66. The van der Waals surface area contributed by atoms with Gasteiger partial charge in [-0.2, -0.15) is 0 Å². The van der Waals surface area contributed by atoms with Gasteiger partial charge in [-0.15, -0.1) is 0 Å². The zero-order valence-electron chi connectivity index (χ0n) is 12.5. The van der Waals surface area contributed by atoms with Crippen LogP contribution in [0.5, 0.6) is 5.75 Å². The van der Waals surface area contributed by atoms with Crippen molar-refractivity contribution in [3.8, 4) is 5.75 Å². The van der Waals surface area contributed by atoms with Crippen LogP contribution in [-0.2, 0) is 4.79 Å². The van der Waals surface area contributed by atoms with Crippen molar-refractivity contribution in [3.05, 3.63) is 24.3 Å². The molecule has 4 nitrogen and oxygen atoms in total. The molecule has 1 saturated carbocycles. The maximum atomic E-state index is 11.9. The Balaban J connectivity index is 1.80. The van der Waals surface area contributed by atoms with Crippen LogP contribution in [0.1, 0.15) is 26.7 Å². The third-order valence-corrected chi connectivity index (χ3v) is 4.34. The summed E-state index contributed by atoms with van der Waals surface area (Å²) < 4.78 is 5.14. The summed E-state index contributed by atoms with van der Waals surface area (Å²) in [6.07, 6.45) is 2.41. The van der Waals surface area contributed by atoms with Crippen LogP contribution in [0.3, 0.4) is 0 Å². The fourth-order valence-corrected chi connectivity index (χ4v) is 2.78. The number of hydrogen-bond donors (Lipinski definition) is 2. The minimum Gasteiger partial charge on any atom is -0.497 e. The number of methoxy groups -OCH3 is 1. The molecule has 1 fully saturated rings. The average Bonchev–Trinajstić information content (AvgIpc) is 2.77. The van der Waals surface area contributed by atoms with E-state index in [0.29, 0.717) is 18.5 Å². The third-order valence-electron chi connectivity index (χ3n) is 4.34. The molecule has 2 rings (SSSR count). The Hall–Kier alpha value is -1.55. The Labute approximate surface area is 120 Å². The summed E-state index contributed by atoms with van der Waals surface area (Å²) in [6.45, 7) is 4.90. The molecule has 1 aromatic carbocycles. The van der Waals surface area contributed by atoms with E-state index in [1.165, 1.54) is 6.42 Å². The first kappa shape index (κ1) is 14.9. The molecule has 4 heteroatoms. The van der Waals surface area contributed by atoms with Gasteiger partial charge in [-0.05, 0) is 36.8 Å². The molecule has 1 aliphatic rings. The molecule has 1 aromatic rings. The number of ether oxygens (including phenoxy) is 1. The fraction of sp³-hybridized carbons (Fsp3) is 0.562. The highest BCUT2D eigenvalue weighted by Gasteiger charge is 2.29. The summed E-state index contributed by atoms with van der Waals surface area (Å²) in [5, 5.41) is 6.25. The first-order valence-corrected chi connectivity index (χ1v) is 7.27. The number of carbonyl (C=O) groups is 1. The smallest absolute Gasteiger partial charge is 0.238 e. The number of carbonyl (C=O) groups excluding carboxylic acids is 1. The van der Waals surface area contributed by atoms with E-state index in [1.54, 1.807) is 7.11 Å². The van der Waals surface area contributed by atoms with Crippen molar-refractivity contribution in [3.63, 3.8) is 0 Å². The van der Waals surface area contributed by atoms with E-state index < -0.39 is 0 Å². The maximum Gasteiger partial charge on any atom is 0.238 e. The molecule has 20 heavy (non-hydrogen) atoms. The summed E-state index contributed by atoms with van der Waals surface area (Å²) >= 11 is 0. The summed E-state index contributed by atoms with van der Waals surface area (Å²) in [4.78, 5) is 11.9. The van der Waals surface area contributed by atoms with Crippen LogP contribution in [0.4, 0.5) is 5.69 Å². The highest BCUT2D eigenvalue weighted by atomic mass is 16.5. The molecule has 0 spiro atoms. The highest BCUT2D eigenvalue weighted by Crippen LogP contribution is 2.30. The molecular weight excluding hydrogens is 252 g/mol. The van der Waals surface area contributed by atoms with Crippen LogP contribution in [0.25, 0.3) is 0 Å². The van der Waals surface area contributed by atoms with Gasteiger partial charge in [0.15, 0.2) is 0 Å². The second-order valence-corrected chi connectivity index (χ2v) is 5.68. The van der Waals surface area contributed by atoms with Crippen LogP contribution < -0.4 is 15.4 Å². The van der Waals surface area contributed by atoms with Gasteiger partial charge in [-0.3, -0.25) is 4.79 Å². The second-order valence-electron chi connectivity index (χ2n) is 5.68. The lowest BCUT2D eigenvalue weighted by atomic mass is 9.98. The average molecular weight is 276 g/mol. The summed E-state index contributed by atoms with van der Waals surface area (Å²) in [5.41, 5.74) is 0.768.